The average Bonchev–Trinajstić information content (AvgIpc) is 2.99. The summed E-state index contributed by atoms with van der Waals surface area (Å²) >= 11 is 0. The molecule has 110 valence electrons. The van der Waals surface area contributed by atoms with E-state index in [-0.39, 0.29) is 18.2 Å². The van der Waals surface area contributed by atoms with Crippen molar-refractivity contribution in [3.63, 3.8) is 0 Å². The molecule has 21 heavy (non-hydrogen) atoms. The fourth-order valence-electron chi connectivity index (χ4n) is 1.85. The molecule has 0 aliphatic heterocycles. The Morgan fingerprint density at radius 1 is 0.952 bits per heavy atom. The molecule has 2 rings (SSSR count). The number of carbonyl (C=O) groups is 2. The Balaban J connectivity index is 1.60. The molecule has 0 atom stereocenters. The highest BCUT2D eigenvalue weighted by molar-refractivity contribution is 5.80. The van der Waals surface area contributed by atoms with Crippen LogP contribution in [0.3, 0.4) is 0 Å². The van der Waals surface area contributed by atoms with Gasteiger partial charge in [0.05, 0.1) is 19.2 Å². The number of amides is 2. The van der Waals surface area contributed by atoms with Crippen LogP contribution in [-0.4, -0.2) is 18.4 Å². The molecule has 2 aromatic rings. The average molecular weight is 286 g/mol. The van der Waals surface area contributed by atoms with Crippen molar-refractivity contribution in [3.05, 3.63) is 60.1 Å². The zero-order valence-electron chi connectivity index (χ0n) is 11.7. The van der Waals surface area contributed by atoms with Gasteiger partial charge in [0.2, 0.25) is 11.8 Å². The first-order valence-electron chi connectivity index (χ1n) is 6.84. The van der Waals surface area contributed by atoms with Crippen LogP contribution in [0.2, 0.25) is 0 Å². The van der Waals surface area contributed by atoms with Crippen molar-refractivity contribution in [2.45, 2.75) is 19.4 Å². The molecular formula is C16H18N2O3. The van der Waals surface area contributed by atoms with E-state index in [1.165, 1.54) is 0 Å². The number of hydrogen-bond donors (Lipinski definition) is 2. The topological polar surface area (TPSA) is 71.3 Å². The van der Waals surface area contributed by atoms with Crippen LogP contribution in [0.15, 0.2) is 53.1 Å². The first kappa shape index (κ1) is 14.8. The number of furan rings is 1. The summed E-state index contributed by atoms with van der Waals surface area (Å²) < 4.78 is 5.11. The molecule has 1 aromatic carbocycles. The smallest absolute Gasteiger partial charge is 0.224 e. The Morgan fingerprint density at radius 2 is 1.76 bits per heavy atom. The molecule has 0 radical (unpaired) electrons. The zero-order chi connectivity index (χ0) is 14.9. The monoisotopic (exact) mass is 286 g/mol. The summed E-state index contributed by atoms with van der Waals surface area (Å²) in [5, 5.41) is 5.46. The summed E-state index contributed by atoms with van der Waals surface area (Å²) in [5.41, 5.74) is 0.956. The zero-order valence-corrected chi connectivity index (χ0v) is 11.7. The Bertz CT molecular complexity index is 564. The van der Waals surface area contributed by atoms with E-state index in [4.69, 9.17) is 4.42 Å². The predicted octanol–water partition coefficient (Wildman–Crippen LogP) is 1.64. The van der Waals surface area contributed by atoms with Gasteiger partial charge < -0.3 is 15.1 Å². The number of nitrogens with one attached hydrogen (secondary N) is 2. The lowest BCUT2D eigenvalue weighted by Gasteiger charge is -2.06. The molecule has 0 saturated heterocycles. The molecular weight excluding hydrogens is 268 g/mol. The number of benzene rings is 1. The number of carbonyl (C=O) groups excluding carboxylic acids is 2. The van der Waals surface area contributed by atoms with Gasteiger partial charge in [-0.15, -0.1) is 0 Å². The van der Waals surface area contributed by atoms with Crippen LogP contribution in [0.1, 0.15) is 17.7 Å². The Morgan fingerprint density at radius 3 is 2.48 bits per heavy atom. The number of rotatable bonds is 7. The predicted molar refractivity (Wildman–Crippen MR) is 78.3 cm³/mol. The van der Waals surface area contributed by atoms with E-state index in [0.717, 1.165) is 5.56 Å². The van der Waals surface area contributed by atoms with Crippen molar-refractivity contribution in [1.29, 1.82) is 0 Å². The van der Waals surface area contributed by atoms with Gasteiger partial charge in [0.25, 0.3) is 0 Å². The first-order chi connectivity index (χ1) is 10.2. The van der Waals surface area contributed by atoms with Gasteiger partial charge in [0.15, 0.2) is 0 Å². The summed E-state index contributed by atoms with van der Waals surface area (Å²) in [6.45, 7) is 0.694. The van der Waals surface area contributed by atoms with Crippen LogP contribution in [0.5, 0.6) is 0 Å². The summed E-state index contributed by atoms with van der Waals surface area (Å²) in [4.78, 5) is 23.3. The standard InChI is InChI=1S/C16H18N2O3/c19-15(18-12-14-7-4-10-21-14)8-9-17-16(20)11-13-5-2-1-3-6-13/h1-7,10H,8-9,11-12H2,(H,17,20)(H,18,19). The molecule has 0 fully saturated rings. The van der Waals surface area contributed by atoms with Crippen LogP contribution in [0.25, 0.3) is 0 Å². The SMILES string of the molecule is O=C(CCNC(=O)Cc1ccccc1)NCc1ccco1. The van der Waals surface area contributed by atoms with Crippen LogP contribution in [0, 0.1) is 0 Å². The van der Waals surface area contributed by atoms with Gasteiger partial charge in [0.1, 0.15) is 5.76 Å². The van der Waals surface area contributed by atoms with Crippen LogP contribution < -0.4 is 10.6 Å². The lowest BCUT2D eigenvalue weighted by atomic mass is 10.1. The molecule has 0 bridgehead atoms. The second-order valence-electron chi connectivity index (χ2n) is 4.62. The van der Waals surface area contributed by atoms with Gasteiger partial charge in [-0.25, -0.2) is 0 Å². The van der Waals surface area contributed by atoms with Crippen molar-refractivity contribution in [1.82, 2.24) is 10.6 Å². The Kier molecular flexibility index (Phi) is 5.58. The van der Waals surface area contributed by atoms with E-state index in [2.05, 4.69) is 10.6 Å². The third-order valence-electron chi connectivity index (χ3n) is 2.92. The van der Waals surface area contributed by atoms with Crippen molar-refractivity contribution in [2.75, 3.05) is 6.54 Å². The molecule has 0 saturated carbocycles. The highest BCUT2D eigenvalue weighted by atomic mass is 16.3. The highest BCUT2D eigenvalue weighted by Gasteiger charge is 2.05. The van der Waals surface area contributed by atoms with Gasteiger partial charge >= 0.3 is 0 Å². The van der Waals surface area contributed by atoms with E-state index in [0.29, 0.717) is 25.3 Å². The molecule has 5 nitrogen and oxygen atoms in total. The van der Waals surface area contributed by atoms with E-state index in [1.807, 2.05) is 30.3 Å². The van der Waals surface area contributed by atoms with Gasteiger partial charge in [-0.3, -0.25) is 9.59 Å². The molecule has 0 unspecified atom stereocenters. The largest absolute Gasteiger partial charge is 0.467 e. The minimum atomic E-state index is -0.119. The van der Waals surface area contributed by atoms with Crippen molar-refractivity contribution >= 4 is 11.8 Å². The highest BCUT2D eigenvalue weighted by Crippen LogP contribution is 2.00. The molecule has 0 aliphatic carbocycles. The van der Waals surface area contributed by atoms with Gasteiger partial charge in [0, 0.05) is 13.0 Å². The minimum Gasteiger partial charge on any atom is -0.467 e. The summed E-state index contributed by atoms with van der Waals surface area (Å²) in [7, 11) is 0. The van der Waals surface area contributed by atoms with Crippen molar-refractivity contribution in [3.8, 4) is 0 Å². The molecule has 0 aliphatic rings. The molecule has 2 N–H and O–H groups in total. The van der Waals surface area contributed by atoms with Crippen LogP contribution >= 0.6 is 0 Å². The minimum absolute atomic E-state index is 0.0833. The summed E-state index contributed by atoms with van der Waals surface area (Å²) in [6, 6.07) is 13.1. The van der Waals surface area contributed by atoms with E-state index < -0.39 is 0 Å². The third-order valence-corrected chi connectivity index (χ3v) is 2.92. The van der Waals surface area contributed by atoms with Crippen LogP contribution in [-0.2, 0) is 22.6 Å². The summed E-state index contributed by atoms with van der Waals surface area (Å²) in [6.07, 6.45) is 2.14. The van der Waals surface area contributed by atoms with E-state index in [1.54, 1.807) is 18.4 Å². The third kappa shape index (κ3) is 5.52. The fraction of sp³-hybridized carbons (Fsp3) is 0.250. The van der Waals surface area contributed by atoms with Crippen molar-refractivity contribution < 1.29 is 14.0 Å². The lowest BCUT2D eigenvalue weighted by molar-refractivity contribution is -0.122. The Labute approximate surface area is 123 Å². The number of hydrogen-bond acceptors (Lipinski definition) is 3. The molecule has 1 heterocycles. The normalized spacial score (nSPS) is 10.1. The molecule has 2 amide bonds. The molecule has 1 aromatic heterocycles. The van der Waals surface area contributed by atoms with E-state index >= 15 is 0 Å². The second kappa shape index (κ2) is 7.89. The van der Waals surface area contributed by atoms with Gasteiger partial charge in [-0.05, 0) is 17.7 Å². The fourth-order valence-corrected chi connectivity index (χ4v) is 1.85. The van der Waals surface area contributed by atoms with Crippen molar-refractivity contribution in [2.24, 2.45) is 0 Å². The Hall–Kier alpha value is -2.56. The van der Waals surface area contributed by atoms with Crippen LogP contribution in [0.4, 0.5) is 0 Å². The first-order valence-corrected chi connectivity index (χ1v) is 6.84. The summed E-state index contributed by atoms with van der Waals surface area (Å²) in [5.74, 6) is 0.503. The van der Waals surface area contributed by atoms with Gasteiger partial charge in [-0.2, -0.15) is 0 Å². The maximum absolute atomic E-state index is 11.7. The molecule has 5 heteroatoms. The van der Waals surface area contributed by atoms with Gasteiger partial charge in [-0.1, -0.05) is 30.3 Å². The maximum atomic E-state index is 11.7. The second-order valence-corrected chi connectivity index (χ2v) is 4.62. The lowest BCUT2D eigenvalue weighted by Crippen LogP contribution is -2.31. The van der Waals surface area contributed by atoms with E-state index in [9.17, 15) is 9.59 Å². The molecule has 0 spiro atoms. The maximum Gasteiger partial charge on any atom is 0.224 e. The quantitative estimate of drug-likeness (QED) is 0.813.